The van der Waals surface area contributed by atoms with Crippen molar-refractivity contribution >= 4 is 17.3 Å². The van der Waals surface area contributed by atoms with E-state index in [0.29, 0.717) is 23.5 Å². The minimum atomic E-state index is -0.598. The number of fused-ring (bicyclic) bond motifs is 1. The predicted octanol–water partition coefficient (Wildman–Crippen LogP) is 2.55. The second kappa shape index (κ2) is 6.05. The minimum absolute atomic E-state index is 0.122. The van der Waals surface area contributed by atoms with Crippen LogP contribution in [0.5, 0.6) is 5.75 Å². The van der Waals surface area contributed by atoms with E-state index in [4.69, 9.17) is 16.9 Å². The summed E-state index contributed by atoms with van der Waals surface area (Å²) < 4.78 is 5.92. The summed E-state index contributed by atoms with van der Waals surface area (Å²) in [4.78, 5) is 14.3. The maximum absolute atomic E-state index is 12.8. The van der Waals surface area contributed by atoms with Gasteiger partial charge in [-0.25, -0.2) is 0 Å². The molecular formula is C19H18N2O2. The highest BCUT2D eigenvalue weighted by Gasteiger charge is 2.34. The van der Waals surface area contributed by atoms with Crippen molar-refractivity contribution in [3.8, 4) is 18.1 Å². The van der Waals surface area contributed by atoms with Gasteiger partial charge in [0.15, 0.2) is 6.10 Å². The summed E-state index contributed by atoms with van der Waals surface area (Å²) in [5.74, 6) is 3.01. The molecule has 2 N–H and O–H groups in total. The van der Waals surface area contributed by atoms with Crippen molar-refractivity contribution in [3.63, 3.8) is 0 Å². The van der Waals surface area contributed by atoms with E-state index in [1.54, 1.807) is 23.1 Å². The van der Waals surface area contributed by atoms with Crippen LogP contribution in [0.2, 0.25) is 0 Å². The number of anilines is 2. The smallest absolute Gasteiger partial charge is 0.269 e. The number of benzene rings is 2. The van der Waals surface area contributed by atoms with Gasteiger partial charge in [0.1, 0.15) is 5.75 Å². The first-order valence-electron chi connectivity index (χ1n) is 7.45. The molecule has 0 saturated heterocycles. The SMILES string of the molecule is C#CCN1C(=O)C(Cc2ccccc2C)Oc2cc(N)ccc21. The molecule has 3 rings (SSSR count). The normalized spacial score (nSPS) is 16.4. The van der Waals surface area contributed by atoms with Crippen molar-refractivity contribution in [1.82, 2.24) is 0 Å². The van der Waals surface area contributed by atoms with Crippen LogP contribution < -0.4 is 15.4 Å². The minimum Gasteiger partial charge on any atom is -0.478 e. The fourth-order valence-electron chi connectivity index (χ4n) is 2.77. The molecule has 1 unspecified atom stereocenters. The van der Waals surface area contributed by atoms with Gasteiger partial charge < -0.3 is 10.5 Å². The number of nitrogens with zero attached hydrogens (tertiary/aromatic N) is 1. The average molecular weight is 306 g/mol. The van der Waals surface area contributed by atoms with Crippen molar-refractivity contribution in [1.29, 1.82) is 0 Å². The van der Waals surface area contributed by atoms with Crippen LogP contribution in [0.3, 0.4) is 0 Å². The van der Waals surface area contributed by atoms with Crippen LogP contribution in [0, 0.1) is 19.3 Å². The molecular weight excluding hydrogens is 288 g/mol. The van der Waals surface area contributed by atoms with Crippen LogP contribution >= 0.6 is 0 Å². The summed E-state index contributed by atoms with van der Waals surface area (Å²) in [5, 5.41) is 0. The summed E-state index contributed by atoms with van der Waals surface area (Å²) in [6, 6.07) is 13.2. The summed E-state index contributed by atoms with van der Waals surface area (Å²) in [7, 11) is 0. The fourth-order valence-corrected chi connectivity index (χ4v) is 2.77. The van der Waals surface area contributed by atoms with Crippen molar-refractivity contribution in [2.75, 3.05) is 17.2 Å². The van der Waals surface area contributed by atoms with Gasteiger partial charge in [-0.1, -0.05) is 30.2 Å². The van der Waals surface area contributed by atoms with Crippen LogP contribution in [0.15, 0.2) is 42.5 Å². The first kappa shape index (κ1) is 15.0. The highest BCUT2D eigenvalue weighted by molar-refractivity contribution is 6.00. The van der Waals surface area contributed by atoms with E-state index in [0.717, 1.165) is 11.1 Å². The Morgan fingerprint density at radius 3 is 2.83 bits per heavy atom. The molecule has 0 bridgehead atoms. The van der Waals surface area contributed by atoms with Crippen LogP contribution in [-0.2, 0) is 11.2 Å². The van der Waals surface area contributed by atoms with Crippen molar-refractivity contribution in [3.05, 3.63) is 53.6 Å². The zero-order valence-electron chi connectivity index (χ0n) is 13.0. The number of carbonyl (C=O) groups excluding carboxylic acids is 1. The molecule has 1 amide bonds. The quantitative estimate of drug-likeness (QED) is 0.700. The highest BCUT2D eigenvalue weighted by Crippen LogP contribution is 2.36. The Kier molecular flexibility index (Phi) is 3.94. The number of hydrogen-bond donors (Lipinski definition) is 1. The van der Waals surface area contributed by atoms with E-state index in [1.165, 1.54) is 0 Å². The van der Waals surface area contributed by atoms with E-state index in [9.17, 15) is 4.79 Å². The van der Waals surface area contributed by atoms with Crippen molar-refractivity contribution in [2.45, 2.75) is 19.4 Å². The Balaban J connectivity index is 1.95. The third kappa shape index (κ3) is 2.86. The van der Waals surface area contributed by atoms with Gasteiger partial charge in [0.25, 0.3) is 5.91 Å². The largest absolute Gasteiger partial charge is 0.478 e. The highest BCUT2D eigenvalue weighted by atomic mass is 16.5. The topological polar surface area (TPSA) is 55.6 Å². The number of amides is 1. The number of nitrogen functional groups attached to an aromatic ring is 1. The zero-order chi connectivity index (χ0) is 16.4. The standard InChI is InChI=1S/C19H18N2O2/c1-3-10-21-16-9-8-15(20)12-17(16)23-18(19(21)22)11-14-7-5-4-6-13(14)2/h1,4-9,12,18H,10-11,20H2,2H3. The summed E-state index contributed by atoms with van der Waals surface area (Å²) in [5.41, 5.74) is 9.31. The molecule has 1 heterocycles. The number of rotatable bonds is 3. The molecule has 0 radical (unpaired) electrons. The van der Waals surface area contributed by atoms with E-state index < -0.39 is 6.10 Å². The number of carbonyl (C=O) groups is 1. The molecule has 1 aliphatic heterocycles. The van der Waals surface area contributed by atoms with Gasteiger partial charge in [-0.2, -0.15) is 0 Å². The molecule has 0 aliphatic carbocycles. The van der Waals surface area contributed by atoms with Crippen LogP contribution in [0.1, 0.15) is 11.1 Å². The summed E-state index contributed by atoms with van der Waals surface area (Å²) in [6.07, 6.45) is 5.32. The third-order valence-corrected chi connectivity index (χ3v) is 4.00. The monoisotopic (exact) mass is 306 g/mol. The number of aryl methyl sites for hydroxylation is 1. The molecule has 0 aromatic heterocycles. The van der Waals surface area contributed by atoms with Crippen LogP contribution in [-0.4, -0.2) is 18.6 Å². The maximum Gasteiger partial charge on any atom is 0.269 e. The number of ether oxygens (including phenoxy) is 1. The Morgan fingerprint density at radius 2 is 2.09 bits per heavy atom. The lowest BCUT2D eigenvalue weighted by molar-refractivity contribution is -0.126. The summed E-state index contributed by atoms with van der Waals surface area (Å²) in [6.45, 7) is 2.23. The molecule has 1 atom stereocenters. The Bertz CT molecular complexity index is 792. The molecule has 0 saturated carbocycles. The van der Waals surface area contributed by atoms with Gasteiger partial charge in [0.05, 0.1) is 12.2 Å². The van der Waals surface area contributed by atoms with Crippen molar-refractivity contribution < 1.29 is 9.53 Å². The molecule has 1 aliphatic rings. The van der Waals surface area contributed by atoms with E-state index in [1.807, 2.05) is 31.2 Å². The predicted molar refractivity (Wildman–Crippen MR) is 91.3 cm³/mol. The third-order valence-electron chi connectivity index (χ3n) is 4.00. The van der Waals surface area contributed by atoms with Gasteiger partial charge in [-0.15, -0.1) is 6.42 Å². The van der Waals surface area contributed by atoms with Crippen molar-refractivity contribution in [2.24, 2.45) is 0 Å². The number of hydrogen-bond acceptors (Lipinski definition) is 3. The number of terminal acetylenes is 1. The lowest BCUT2D eigenvalue weighted by Gasteiger charge is -2.33. The van der Waals surface area contributed by atoms with Gasteiger partial charge in [0.2, 0.25) is 0 Å². The molecule has 4 heteroatoms. The first-order chi connectivity index (χ1) is 11.1. The molecule has 4 nitrogen and oxygen atoms in total. The molecule has 2 aromatic rings. The Morgan fingerprint density at radius 1 is 1.30 bits per heavy atom. The Hall–Kier alpha value is -2.93. The second-order valence-corrected chi connectivity index (χ2v) is 5.59. The van der Waals surface area contributed by atoms with E-state index in [2.05, 4.69) is 5.92 Å². The Labute approximate surface area is 135 Å². The van der Waals surface area contributed by atoms with Crippen LogP contribution in [0.4, 0.5) is 11.4 Å². The van der Waals surface area contributed by atoms with E-state index >= 15 is 0 Å². The molecule has 2 aromatic carbocycles. The fraction of sp³-hybridized carbons (Fsp3) is 0.211. The first-order valence-corrected chi connectivity index (χ1v) is 7.45. The molecule has 23 heavy (non-hydrogen) atoms. The number of nitrogens with two attached hydrogens (primary N) is 1. The van der Waals surface area contributed by atoms with Gasteiger partial charge >= 0.3 is 0 Å². The zero-order valence-corrected chi connectivity index (χ0v) is 13.0. The lowest BCUT2D eigenvalue weighted by atomic mass is 10.0. The lowest BCUT2D eigenvalue weighted by Crippen LogP contribution is -2.47. The average Bonchev–Trinajstić information content (AvgIpc) is 2.53. The molecule has 0 fully saturated rings. The maximum atomic E-state index is 12.8. The molecule has 116 valence electrons. The van der Waals surface area contributed by atoms with Gasteiger partial charge in [-0.3, -0.25) is 9.69 Å². The van der Waals surface area contributed by atoms with Gasteiger partial charge in [0, 0.05) is 18.2 Å². The summed E-state index contributed by atoms with van der Waals surface area (Å²) >= 11 is 0. The second-order valence-electron chi connectivity index (χ2n) is 5.59. The van der Waals surface area contributed by atoms with Gasteiger partial charge in [-0.05, 0) is 30.2 Å². The molecule has 0 spiro atoms. The van der Waals surface area contributed by atoms with E-state index in [-0.39, 0.29) is 12.5 Å². The van der Waals surface area contributed by atoms with Crippen LogP contribution in [0.25, 0.3) is 0 Å².